The van der Waals surface area contributed by atoms with Gasteiger partial charge in [-0.3, -0.25) is 4.79 Å². The number of nitrogens with one attached hydrogen (secondary N) is 1. The van der Waals surface area contributed by atoms with Crippen LogP contribution in [0.3, 0.4) is 0 Å². The maximum atomic E-state index is 12.3. The summed E-state index contributed by atoms with van der Waals surface area (Å²) in [5.74, 6) is 1.43. The molecule has 0 radical (unpaired) electrons. The summed E-state index contributed by atoms with van der Waals surface area (Å²) in [4.78, 5) is 14.6. The zero-order valence-corrected chi connectivity index (χ0v) is 14.7. The van der Waals surface area contributed by atoms with Crippen LogP contribution in [0, 0.1) is 0 Å². The van der Waals surface area contributed by atoms with Crippen molar-refractivity contribution >= 4 is 11.6 Å². The van der Waals surface area contributed by atoms with Crippen molar-refractivity contribution in [3.63, 3.8) is 0 Å². The van der Waals surface area contributed by atoms with Crippen LogP contribution in [0.25, 0.3) is 0 Å². The van der Waals surface area contributed by atoms with Crippen molar-refractivity contribution in [2.24, 2.45) is 0 Å². The van der Waals surface area contributed by atoms with Gasteiger partial charge in [-0.2, -0.15) is 0 Å². The fourth-order valence-corrected chi connectivity index (χ4v) is 2.86. The Hall–Kier alpha value is -2.53. The first kappa shape index (κ1) is 17.3. The zero-order chi connectivity index (χ0) is 17.6. The standard InChI is InChI=1S/C20H24N2O3/c1-22-13-11-19(12-14-22)25-18-9-5-16(6-10-18)21-20(23)15-3-7-17(24-2)8-4-15/h3-10,19H,11-14H2,1-2H3,(H,21,23). The van der Waals surface area contributed by atoms with Gasteiger partial charge in [-0.25, -0.2) is 0 Å². The van der Waals surface area contributed by atoms with Crippen LogP contribution in [0.1, 0.15) is 23.2 Å². The Morgan fingerprint density at radius 2 is 1.60 bits per heavy atom. The summed E-state index contributed by atoms with van der Waals surface area (Å²) in [6, 6.07) is 14.6. The van der Waals surface area contributed by atoms with Gasteiger partial charge < -0.3 is 19.7 Å². The minimum absolute atomic E-state index is 0.147. The number of methoxy groups -OCH3 is 1. The number of likely N-dealkylation sites (tertiary alicyclic amines) is 1. The summed E-state index contributed by atoms with van der Waals surface area (Å²) >= 11 is 0. The molecule has 1 amide bonds. The Kier molecular flexibility index (Phi) is 5.56. The highest BCUT2D eigenvalue weighted by Crippen LogP contribution is 2.21. The van der Waals surface area contributed by atoms with Gasteiger partial charge in [0.2, 0.25) is 0 Å². The van der Waals surface area contributed by atoms with E-state index in [1.54, 1.807) is 31.4 Å². The fraction of sp³-hybridized carbons (Fsp3) is 0.350. The van der Waals surface area contributed by atoms with E-state index in [0.717, 1.165) is 43.1 Å². The molecule has 1 fully saturated rings. The van der Waals surface area contributed by atoms with Crippen molar-refractivity contribution in [1.29, 1.82) is 0 Å². The number of benzene rings is 2. The number of piperidine rings is 1. The van der Waals surface area contributed by atoms with E-state index >= 15 is 0 Å². The Morgan fingerprint density at radius 1 is 1.00 bits per heavy atom. The largest absolute Gasteiger partial charge is 0.497 e. The van der Waals surface area contributed by atoms with Gasteiger partial charge in [0, 0.05) is 24.3 Å². The number of hydrogen-bond donors (Lipinski definition) is 1. The van der Waals surface area contributed by atoms with Crippen LogP contribution < -0.4 is 14.8 Å². The summed E-state index contributed by atoms with van der Waals surface area (Å²) in [6.45, 7) is 2.14. The number of rotatable bonds is 5. The van der Waals surface area contributed by atoms with E-state index < -0.39 is 0 Å². The molecule has 1 aliphatic heterocycles. The Bertz CT molecular complexity index is 690. The third kappa shape index (κ3) is 4.73. The van der Waals surface area contributed by atoms with Gasteiger partial charge in [-0.15, -0.1) is 0 Å². The predicted octanol–water partition coefficient (Wildman–Crippen LogP) is 3.42. The van der Waals surface area contributed by atoms with E-state index in [-0.39, 0.29) is 12.0 Å². The first-order chi connectivity index (χ1) is 12.1. The van der Waals surface area contributed by atoms with Crippen molar-refractivity contribution in [3.05, 3.63) is 54.1 Å². The molecular formula is C20H24N2O3. The second kappa shape index (κ2) is 8.03. The molecule has 1 saturated heterocycles. The number of hydrogen-bond acceptors (Lipinski definition) is 4. The smallest absolute Gasteiger partial charge is 0.255 e. The highest BCUT2D eigenvalue weighted by atomic mass is 16.5. The summed E-state index contributed by atoms with van der Waals surface area (Å²) in [7, 11) is 3.74. The fourth-order valence-electron chi connectivity index (χ4n) is 2.86. The van der Waals surface area contributed by atoms with E-state index in [2.05, 4.69) is 17.3 Å². The lowest BCUT2D eigenvalue weighted by molar-refractivity contribution is 0.102. The highest BCUT2D eigenvalue weighted by molar-refractivity contribution is 6.04. The molecule has 132 valence electrons. The van der Waals surface area contributed by atoms with Crippen molar-refractivity contribution in [2.75, 3.05) is 32.6 Å². The van der Waals surface area contributed by atoms with Crippen LogP contribution in [0.2, 0.25) is 0 Å². The molecule has 0 spiro atoms. The number of nitrogens with zero attached hydrogens (tertiary/aromatic N) is 1. The molecule has 25 heavy (non-hydrogen) atoms. The summed E-state index contributed by atoms with van der Waals surface area (Å²) in [5.41, 5.74) is 1.34. The minimum atomic E-state index is -0.147. The molecule has 0 unspecified atom stereocenters. The van der Waals surface area contributed by atoms with Crippen LogP contribution in [-0.4, -0.2) is 44.2 Å². The molecule has 2 aromatic carbocycles. The second-order valence-corrected chi connectivity index (χ2v) is 6.33. The van der Waals surface area contributed by atoms with Gasteiger partial charge in [0.15, 0.2) is 0 Å². The second-order valence-electron chi connectivity index (χ2n) is 6.33. The first-order valence-electron chi connectivity index (χ1n) is 8.55. The molecule has 2 aromatic rings. The zero-order valence-electron chi connectivity index (χ0n) is 14.7. The van der Waals surface area contributed by atoms with E-state index in [1.807, 2.05) is 24.3 Å². The molecule has 0 aromatic heterocycles. The summed E-state index contributed by atoms with van der Waals surface area (Å²) < 4.78 is 11.1. The molecule has 5 heteroatoms. The molecule has 5 nitrogen and oxygen atoms in total. The van der Waals surface area contributed by atoms with Crippen LogP contribution in [-0.2, 0) is 0 Å². The lowest BCUT2D eigenvalue weighted by atomic mass is 10.1. The van der Waals surface area contributed by atoms with Crippen LogP contribution >= 0.6 is 0 Å². The summed E-state index contributed by atoms with van der Waals surface area (Å²) in [6.07, 6.45) is 2.37. The SMILES string of the molecule is COc1ccc(C(=O)Nc2ccc(OC3CCN(C)CC3)cc2)cc1. The molecule has 1 aliphatic rings. The maximum absolute atomic E-state index is 12.3. The number of amides is 1. The molecular weight excluding hydrogens is 316 g/mol. The first-order valence-corrected chi connectivity index (χ1v) is 8.55. The maximum Gasteiger partial charge on any atom is 0.255 e. The highest BCUT2D eigenvalue weighted by Gasteiger charge is 2.17. The van der Waals surface area contributed by atoms with Gasteiger partial charge in [0.1, 0.15) is 17.6 Å². The molecule has 3 rings (SSSR count). The number of carbonyl (C=O) groups is 1. The van der Waals surface area contributed by atoms with Crippen molar-refractivity contribution < 1.29 is 14.3 Å². The number of carbonyl (C=O) groups excluding carboxylic acids is 1. The lowest BCUT2D eigenvalue weighted by Crippen LogP contribution is -2.35. The third-order valence-electron chi connectivity index (χ3n) is 4.43. The van der Waals surface area contributed by atoms with E-state index in [4.69, 9.17) is 9.47 Å². The molecule has 0 bridgehead atoms. The van der Waals surface area contributed by atoms with E-state index in [0.29, 0.717) is 5.56 Å². The van der Waals surface area contributed by atoms with Crippen molar-refractivity contribution in [1.82, 2.24) is 4.90 Å². The average Bonchev–Trinajstić information content (AvgIpc) is 2.65. The van der Waals surface area contributed by atoms with Gasteiger partial charge in [-0.1, -0.05) is 0 Å². The molecule has 0 aliphatic carbocycles. The molecule has 0 atom stereocenters. The van der Waals surface area contributed by atoms with Crippen molar-refractivity contribution in [2.45, 2.75) is 18.9 Å². The molecule has 1 N–H and O–H groups in total. The van der Waals surface area contributed by atoms with Gasteiger partial charge in [-0.05, 0) is 68.4 Å². The number of anilines is 1. The predicted molar refractivity (Wildman–Crippen MR) is 98.5 cm³/mol. The Labute approximate surface area is 148 Å². The van der Waals surface area contributed by atoms with E-state index in [9.17, 15) is 4.79 Å². The van der Waals surface area contributed by atoms with Crippen LogP contribution in [0.15, 0.2) is 48.5 Å². The van der Waals surface area contributed by atoms with Crippen molar-refractivity contribution in [3.8, 4) is 11.5 Å². The number of ether oxygens (including phenoxy) is 2. The van der Waals surface area contributed by atoms with Gasteiger partial charge >= 0.3 is 0 Å². The van der Waals surface area contributed by atoms with Crippen LogP contribution in [0.4, 0.5) is 5.69 Å². The van der Waals surface area contributed by atoms with Gasteiger partial charge in [0.25, 0.3) is 5.91 Å². The van der Waals surface area contributed by atoms with Gasteiger partial charge in [0.05, 0.1) is 7.11 Å². The third-order valence-corrected chi connectivity index (χ3v) is 4.43. The molecule has 1 heterocycles. The monoisotopic (exact) mass is 340 g/mol. The van der Waals surface area contributed by atoms with Crippen LogP contribution in [0.5, 0.6) is 11.5 Å². The lowest BCUT2D eigenvalue weighted by Gasteiger charge is -2.29. The molecule has 0 saturated carbocycles. The topological polar surface area (TPSA) is 50.8 Å². The average molecular weight is 340 g/mol. The summed E-state index contributed by atoms with van der Waals surface area (Å²) in [5, 5.41) is 2.89. The Morgan fingerprint density at radius 3 is 2.20 bits per heavy atom. The minimum Gasteiger partial charge on any atom is -0.497 e. The van der Waals surface area contributed by atoms with E-state index in [1.165, 1.54) is 0 Å². The Balaban J connectivity index is 1.55. The normalized spacial score (nSPS) is 15.6. The quantitative estimate of drug-likeness (QED) is 0.906.